The van der Waals surface area contributed by atoms with Gasteiger partial charge in [-0.25, -0.2) is 4.79 Å². The van der Waals surface area contributed by atoms with Gasteiger partial charge in [-0.3, -0.25) is 4.90 Å². The number of benzene rings is 1. The van der Waals surface area contributed by atoms with Gasteiger partial charge in [-0.05, 0) is 31.2 Å². The van der Waals surface area contributed by atoms with Crippen LogP contribution in [0.5, 0.6) is 0 Å². The Bertz CT molecular complexity index is 751. The number of rotatable bonds is 6. The summed E-state index contributed by atoms with van der Waals surface area (Å²) in [4.78, 5) is 20.9. The molecule has 2 aliphatic rings. The second-order valence-electron chi connectivity index (χ2n) is 7.66. The molecule has 0 atom stereocenters. The molecule has 0 unspecified atom stereocenters. The van der Waals surface area contributed by atoms with E-state index < -0.39 is 0 Å². The number of nitrogens with one attached hydrogen (secondary N) is 1. The van der Waals surface area contributed by atoms with E-state index in [0.717, 1.165) is 51.1 Å². The maximum Gasteiger partial charge on any atom is 0.317 e. The SMILES string of the molecule is CN(Cc1nc(C2CC2)no1)C(=O)NC1CCN(Cc2ccccc2)CC1. The maximum absolute atomic E-state index is 12.5. The van der Waals surface area contributed by atoms with Gasteiger partial charge in [-0.1, -0.05) is 35.5 Å². The molecule has 0 bridgehead atoms. The van der Waals surface area contributed by atoms with Crippen LogP contribution in [-0.4, -0.2) is 52.2 Å². The van der Waals surface area contributed by atoms with Crippen molar-refractivity contribution >= 4 is 6.03 Å². The lowest BCUT2D eigenvalue weighted by Gasteiger charge is -2.33. The summed E-state index contributed by atoms with van der Waals surface area (Å²) in [6, 6.07) is 10.7. The topological polar surface area (TPSA) is 74.5 Å². The number of carbonyl (C=O) groups is 1. The van der Waals surface area contributed by atoms with Gasteiger partial charge in [0.05, 0.1) is 0 Å². The molecular formula is C20H27N5O2. The molecule has 2 heterocycles. The van der Waals surface area contributed by atoms with Gasteiger partial charge in [0.15, 0.2) is 5.82 Å². The highest BCUT2D eigenvalue weighted by Crippen LogP contribution is 2.38. The van der Waals surface area contributed by atoms with Gasteiger partial charge in [0.25, 0.3) is 0 Å². The molecule has 1 aromatic heterocycles. The third-order valence-electron chi connectivity index (χ3n) is 5.31. The molecule has 1 aromatic carbocycles. The van der Waals surface area contributed by atoms with Crippen molar-refractivity contribution in [2.75, 3.05) is 20.1 Å². The van der Waals surface area contributed by atoms with Crippen LogP contribution in [0.3, 0.4) is 0 Å². The Labute approximate surface area is 159 Å². The zero-order valence-corrected chi connectivity index (χ0v) is 15.8. The minimum Gasteiger partial charge on any atom is -0.337 e. The van der Waals surface area contributed by atoms with Crippen molar-refractivity contribution in [3.63, 3.8) is 0 Å². The summed E-state index contributed by atoms with van der Waals surface area (Å²) in [7, 11) is 1.76. The van der Waals surface area contributed by atoms with Gasteiger partial charge < -0.3 is 14.7 Å². The molecule has 7 nitrogen and oxygen atoms in total. The van der Waals surface area contributed by atoms with E-state index >= 15 is 0 Å². The minimum atomic E-state index is -0.0809. The van der Waals surface area contributed by atoms with Crippen molar-refractivity contribution < 1.29 is 9.32 Å². The predicted octanol–water partition coefficient (Wildman–Crippen LogP) is 2.75. The highest BCUT2D eigenvalue weighted by molar-refractivity contribution is 5.74. The molecule has 0 radical (unpaired) electrons. The van der Waals surface area contributed by atoms with Crippen molar-refractivity contribution in [1.29, 1.82) is 0 Å². The number of amides is 2. The highest BCUT2D eigenvalue weighted by atomic mass is 16.5. The molecule has 1 saturated carbocycles. The Morgan fingerprint density at radius 1 is 1.22 bits per heavy atom. The summed E-state index contributed by atoms with van der Waals surface area (Å²) in [6.45, 7) is 3.32. The van der Waals surface area contributed by atoms with Gasteiger partial charge in [-0.15, -0.1) is 0 Å². The van der Waals surface area contributed by atoms with E-state index in [1.165, 1.54) is 5.56 Å². The molecule has 1 aliphatic carbocycles. The molecule has 4 rings (SSSR count). The first-order valence-electron chi connectivity index (χ1n) is 9.78. The van der Waals surface area contributed by atoms with Crippen LogP contribution in [-0.2, 0) is 13.1 Å². The van der Waals surface area contributed by atoms with Gasteiger partial charge in [-0.2, -0.15) is 4.98 Å². The van der Waals surface area contributed by atoms with E-state index in [4.69, 9.17) is 4.52 Å². The Morgan fingerprint density at radius 3 is 2.67 bits per heavy atom. The first-order chi connectivity index (χ1) is 13.2. The van der Waals surface area contributed by atoms with Crippen molar-refractivity contribution in [3.8, 4) is 0 Å². The van der Waals surface area contributed by atoms with Crippen LogP contribution < -0.4 is 5.32 Å². The van der Waals surface area contributed by atoms with Gasteiger partial charge in [0.2, 0.25) is 5.89 Å². The standard InChI is InChI=1S/C20H27N5O2/c1-24(14-18-22-19(23-27-18)16-7-8-16)20(26)21-17-9-11-25(12-10-17)13-15-5-3-2-4-6-15/h2-6,16-17H,7-14H2,1H3,(H,21,26). The maximum atomic E-state index is 12.5. The number of likely N-dealkylation sites (tertiary alicyclic amines) is 1. The summed E-state index contributed by atoms with van der Waals surface area (Å²) in [5, 5.41) is 7.13. The number of nitrogens with zero attached hydrogens (tertiary/aromatic N) is 4. The Hall–Kier alpha value is -2.41. The van der Waals surface area contributed by atoms with Crippen molar-refractivity contribution in [1.82, 2.24) is 25.3 Å². The zero-order valence-electron chi connectivity index (χ0n) is 15.8. The molecule has 2 aromatic rings. The summed E-state index contributed by atoms with van der Waals surface area (Å²) in [6.07, 6.45) is 4.22. The van der Waals surface area contributed by atoms with E-state index in [2.05, 4.69) is 44.6 Å². The van der Waals surface area contributed by atoms with Crippen LogP contribution in [0.15, 0.2) is 34.9 Å². The Kier molecular flexibility index (Phi) is 5.38. The second-order valence-corrected chi connectivity index (χ2v) is 7.66. The Morgan fingerprint density at radius 2 is 1.96 bits per heavy atom. The Balaban J connectivity index is 1.20. The first kappa shape index (κ1) is 18.0. The largest absolute Gasteiger partial charge is 0.337 e. The van der Waals surface area contributed by atoms with Crippen LogP contribution in [0.2, 0.25) is 0 Å². The van der Waals surface area contributed by atoms with Crippen molar-refractivity contribution in [2.45, 2.75) is 50.7 Å². The van der Waals surface area contributed by atoms with E-state index in [1.807, 2.05) is 6.07 Å². The van der Waals surface area contributed by atoms with E-state index in [9.17, 15) is 4.79 Å². The molecule has 1 aliphatic heterocycles. The van der Waals surface area contributed by atoms with Crippen LogP contribution >= 0.6 is 0 Å². The fraction of sp³-hybridized carbons (Fsp3) is 0.550. The molecule has 2 fully saturated rings. The number of urea groups is 1. The monoisotopic (exact) mass is 369 g/mol. The van der Waals surface area contributed by atoms with E-state index in [0.29, 0.717) is 18.4 Å². The lowest BCUT2D eigenvalue weighted by molar-refractivity contribution is 0.170. The van der Waals surface area contributed by atoms with Crippen LogP contribution in [0.4, 0.5) is 4.79 Å². The van der Waals surface area contributed by atoms with E-state index in [1.54, 1.807) is 11.9 Å². The predicted molar refractivity (Wildman–Crippen MR) is 101 cm³/mol. The normalized spacial score (nSPS) is 18.4. The molecular weight excluding hydrogens is 342 g/mol. The van der Waals surface area contributed by atoms with Crippen LogP contribution in [0.25, 0.3) is 0 Å². The highest BCUT2D eigenvalue weighted by Gasteiger charge is 2.29. The molecule has 144 valence electrons. The summed E-state index contributed by atoms with van der Waals surface area (Å²) < 4.78 is 5.26. The lowest BCUT2D eigenvalue weighted by atomic mass is 10.0. The number of hydrogen-bond acceptors (Lipinski definition) is 5. The van der Waals surface area contributed by atoms with Crippen LogP contribution in [0.1, 0.15) is 48.9 Å². The molecule has 1 N–H and O–H groups in total. The zero-order chi connectivity index (χ0) is 18.6. The van der Waals surface area contributed by atoms with Crippen molar-refractivity contribution in [3.05, 3.63) is 47.6 Å². The van der Waals surface area contributed by atoms with Gasteiger partial charge >= 0.3 is 6.03 Å². The molecule has 0 spiro atoms. The van der Waals surface area contributed by atoms with Gasteiger partial charge in [0, 0.05) is 38.6 Å². The second kappa shape index (κ2) is 8.08. The van der Waals surface area contributed by atoms with Crippen molar-refractivity contribution in [2.24, 2.45) is 0 Å². The van der Waals surface area contributed by atoms with E-state index in [-0.39, 0.29) is 12.1 Å². The molecule has 27 heavy (non-hydrogen) atoms. The minimum absolute atomic E-state index is 0.0809. The molecule has 7 heteroatoms. The fourth-order valence-corrected chi connectivity index (χ4v) is 3.48. The molecule has 2 amide bonds. The van der Waals surface area contributed by atoms with Gasteiger partial charge in [0.1, 0.15) is 6.54 Å². The third kappa shape index (κ3) is 4.86. The quantitative estimate of drug-likeness (QED) is 0.847. The lowest BCUT2D eigenvalue weighted by Crippen LogP contribution is -2.48. The average molecular weight is 369 g/mol. The first-order valence-corrected chi connectivity index (χ1v) is 9.78. The fourth-order valence-electron chi connectivity index (χ4n) is 3.48. The third-order valence-corrected chi connectivity index (χ3v) is 5.31. The summed E-state index contributed by atoms with van der Waals surface area (Å²) >= 11 is 0. The molecule has 1 saturated heterocycles. The average Bonchev–Trinajstić information content (AvgIpc) is 3.43. The number of hydrogen-bond donors (Lipinski definition) is 1. The number of piperidine rings is 1. The summed E-state index contributed by atoms with van der Waals surface area (Å²) in [5.41, 5.74) is 1.34. The van der Waals surface area contributed by atoms with Crippen LogP contribution in [0, 0.1) is 0 Å². The number of carbonyl (C=O) groups excluding carboxylic acids is 1. The smallest absolute Gasteiger partial charge is 0.317 e. The number of aromatic nitrogens is 2. The summed E-state index contributed by atoms with van der Waals surface area (Å²) in [5.74, 6) is 1.75.